The average Bonchev–Trinajstić information content (AvgIpc) is 3.27. The van der Waals surface area contributed by atoms with E-state index in [4.69, 9.17) is 16.3 Å². The quantitative estimate of drug-likeness (QED) is 0.340. The van der Waals surface area contributed by atoms with Crippen molar-refractivity contribution < 1.29 is 14.6 Å². The molecule has 0 spiro atoms. The van der Waals surface area contributed by atoms with Crippen LogP contribution in [0.5, 0.6) is 5.75 Å². The summed E-state index contributed by atoms with van der Waals surface area (Å²) in [6, 6.07) is 9.53. The van der Waals surface area contributed by atoms with Gasteiger partial charge in [-0.15, -0.1) is 0 Å². The van der Waals surface area contributed by atoms with E-state index in [1.54, 1.807) is 29.6 Å². The highest BCUT2D eigenvalue weighted by Crippen LogP contribution is 2.39. The summed E-state index contributed by atoms with van der Waals surface area (Å²) in [6.45, 7) is 3.04. The summed E-state index contributed by atoms with van der Waals surface area (Å²) in [5.74, 6) is 0.516. The van der Waals surface area contributed by atoms with Gasteiger partial charge in [0.25, 0.3) is 5.91 Å². The van der Waals surface area contributed by atoms with Gasteiger partial charge in [-0.25, -0.2) is 0 Å². The number of aliphatic hydroxyl groups is 1. The number of ether oxygens (including phenoxy) is 1. The number of nitrogens with zero attached hydrogens (tertiary/aromatic N) is 6. The second-order valence-corrected chi connectivity index (χ2v) is 10.5. The molecule has 3 aromatic heterocycles. The van der Waals surface area contributed by atoms with E-state index in [2.05, 4.69) is 25.3 Å². The Kier molecular flexibility index (Phi) is 5.17. The molecule has 0 radical (unpaired) electrons. The van der Waals surface area contributed by atoms with E-state index in [9.17, 15) is 9.90 Å². The van der Waals surface area contributed by atoms with Gasteiger partial charge in [0.2, 0.25) is 0 Å². The number of hydrogen-bond donors (Lipinski definition) is 2. The summed E-state index contributed by atoms with van der Waals surface area (Å²) in [7, 11) is 0. The van der Waals surface area contributed by atoms with Crippen molar-refractivity contribution in [1.29, 1.82) is 0 Å². The number of rotatable bonds is 6. The minimum atomic E-state index is -1.13. The van der Waals surface area contributed by atoms with Crippen LogP contribution in [0.25, 0.3) is 33.2 Å². The number of fused-ring (bicyclic) bond motifs is 2. The van der Waals surface area contributed by atoms with E-state index < -0.39 is 5.60 Å². The molecule has 2 aromatic carbocycles. The molecule has 1 saturated heterocycles. The highest BCUT2D eigenvalue weighted by atomic mass is 35.5. The van der Waals surface area contributed by atoms with Crippen molar-refractivity contribution in [1.82, 2.24) is 34.8 Å². The third-order valence-corrected chi connectivity index (χ3v) is 7.59. The highest BCUT2D eigenvalue weighted by Gasteiger charge is 2.52. The van der Waals surface area contributed by atoms with Crippen molar-refractivity contribution in [3.8, 4) is 17.0 Å². The van der Waals surface area contributed by atoms with Crippen molar-refractivity contribution in [2.45, 2.75) is 37.5 Å². The monoisotopic (exact) mass is 529 g/mol. The average molecular weight is 530 g/mol. The summed E-state index contributed by atoms with van der Waals surface area (Å²) < 4.78 is 8.19. The minimum absolute atomic E-state index is 0.0793. The van der Waals surface area contributed by atoms with E-state index in [0.717, 1.165) is 38.8 Å². The van der Waals surface area contributed by atoms with Crippen molar-refractivity contribution in [2.24, 2.45) is 0 Å². The molecule has 1 unspecified atom stereocenters. The first-order chi connectivity index (χ1) is 18.4. The molecule has 1 aliphatic heterocycles. The van der Waals surface area contributed by atoms with Crippen LogP contribution in [-0.4, -0.2) is 64.5 Å². The third-order valence-electron chi connectivity index (χ3n) is 7.37. The van der Waals surface area contributed by atoms with Gasteiger partial charge in [-0.1, -0.05) is 11.6 Å². The molecule has 2 N–H and O–H groups in total. The summed E-state index contributed by atoms with van der Waals surface area (Å²) >= 11 is 6.33. The molecule has 5 aromatic rings. The Balaban J connectivity index is 1.12. The molecule has 1 amide bonds. The van der Waals surface area contributed by atoms with Crippen LogP contribution in [-0.2, 0) is 4.79 Å². The number of aromatic nitrogens is 6. The lowest BCUT2D eigenvalue weighted by molar-refractivity contribution is -0.148. The molecular weight excluding hydrogens is 506 g/mol. The van der Waals surface area contributed by atoms with E-state index in [-0.39, 0.29) is 18.1 Å². The normalized spacial score (nSPS) is 17.5. The fourth-order valence-electron chi connectivity index (χ4n) is 5.01. The largest absolute Gasteiger partial charge is 0.486 e. The van der Waals surface area contributed by atoms with Gasteiger partial charge in [0.15, 0.2) is 0 Å². The Labute approximate surface area is 222 Å². The van der Waals surface area contributed by atoms with Gasteiger partial charge >= 0.3 is 0 Å². The molecule has 192 valence electrons. The predicted octanol–water partition coefficient (Wildman–Crippen LogP) is 4.07. The van der Waals surface area contributed by atoms with E-state index in [1.165, 1.54) is 0 Å². The second kappa shape index (κ2) is 8.50. The Morgan fingerprint density at radius 3 is 2.84 bits per heavy atom. The highest BCUT2D eigenvalue weighted by molar-refractivity contribution is 6.31. The number of hydrogen-bond acceptors (Lipinski definition) is 7. The summed E-state index contributed by atoms with van der Waals surface area (Å²) in [5.41, 5.74) is 3.72. The molecule has 0 bridgehead atoms. The number of nitrogens with one attached hydrogen (secondary N) is 1. The van der Waals surface area contributed by atoms with Gasteiger partial charge in [0, 0.05) is 53.2 Å². The smallest absolute Gasteiger partial charge is 0.254 e. The zero-order valence-corrected chi connectivity index (χ0v) is 21.3. The number of aromatic amines is 1. The molecule has 7 rings (SSSR count). The maximum Gasteiger partial charge on any atom is 0.254 e. The molecular formula is C27H24ClN7O3. The number of carbonyl (C=O) groups is 1. The van der Waals surface area contributed by atoms with E-state index in [0.29, 0.717) is 36.7 Å². The van der Waals surface area contributed by atoms with Crippen LogP contribution in [0.1, 0.15) is 37.5 Å². The number of benzene rings is 2. The Hall–Kier alpha value is -4.02. The molecule has 38 heavy (non-hydrogen) atoms. The lowest BCUT2D eigenvalue weighted by Gasteiger charge is -2.40. The van der Waals surface area contributed by atoms with Gasteiger partial charge in [0.05, 0.1) is 28.8 Å². The zero-order valence-electron chi connectivity index (χ0n) is 20.5. The molecule has 1 saturated carbocycles. The number of likely N-dealkylation sites (tertiary alicyclic amines) is 1. The standard InChI is InChI=1S/C27H24ClN7O3/c1-15(20-8-17(28)9-23-25(20)30-7-6-29-23)38-19-2-3-22-21(10-19)24(33-32-22)16-11-31-35(12-16)18-13-34(14-18)26(36)27(37)4-5-27/h2-3,6-12,15,18,37H,4-5,13-14H2,1H3,(H,32,33). The first-order valence-electron chi connectivity index (χ1n) is 12.5. The lowest BCUT2D eigenvalue weighted by atomic mass is 10.1. The van der Waals surface area contributed by atoms with Crippen LogP contribution < -0.4 is 4.74 Å². The van der Waals surface area contributed by atoms with Crippen LogP contribution in [0.3, 0.4) is 0 Å². The topological polar surface area (TPSA) is 122 Å². The molecule has 4 heterocycles. The molecule has 2 fully saturated rings. The number of halogens is 1. The van der Waals surface area contributed by atoms with Gasteiger partial charge in [0.1, 0.15) is 23.1 Å². The van der Waals surface area contributed by atoms with Gasteiger partial charge < -0.3 is 14.7 Å². The van der Waals surface area contributed by atoms with Crippen molar-refractivity contribution >= 4 is 39.4 Å². The van der Waals surface area contributed by atoms with Crippen LogP contribution in [0, 0.1) is 0 Å². The van der Waals surface area contributed by atoms with Crippen LogP contribution >= 0.6 is 11.6 Å². The minimum Gasteiger partial charge on any atom is -0.486 e. The fourth-order valence-corrected chi connectivity index (χ4v) is 5.23. The summed E-state index contributed by atoms with van der Waals surface area (Å²) in [4.78, 5) is 22.9. The fraction of sp³-hybridized carbons (Fsp3) is 0.296. The Morgan fingerprint density at radius 2 is 2.03 bits per heavy atom. The SMILES string of the molecule is CC(Oc1ccc2[nH]nc(-c3cnn(C4CN(C(=O)C5(O)CC5)C4)c3)c2c1)c1cc(Cl)cc2nccnc12. The van der Waals surface area contributed by atoms with Crippen LogP contribution in [0.15, 0.2) is 55.1 Å². The third kappa shape index (κ3) is 3.88. The molecule has 1 atom stereocenters. The summed E-state index contributed by atoms with van der Waals surface area (Å²) in [6.07, 6.45) is 7.82. The zero-order chi connectivity index (χ0) is 26.0. The lowest BCUT2D eigenvalue weighted by Crippen LogP contribution is -2.54. The van der Waals surface area contributed by atoms with E-state index in [1.807, 2.05) is 42.1 Å². The van der Waals surface area contributed by atoms with Crippen LogP contribution in [0.4, 0.5) is 0 Å². The Morgan fingerprint density at radius 1 is 1.21 bits per heavy atom. The van der Waals surface area contributed by atoms with Crippen molar-refractivity contribution in [2.75, 3.05) is 13.1 Å². The first kappa shape index (κ1) is 23.1. The number of carbonyl (C=O) groups excluding carboxylic acids is 1. The maximum atomic E-state index is 12.3. The Bertz CT molecular complexity index is 1700. The number of H-pyrrole nitrogens is 1. The number of amides is 1. The van der Waals surface area contributed by atoms with Crippen molar-refractivity contribution in [3.63, 3.8) is 0 Å². The molecule has 2 aliphatic rings. The van der Waals surface area contributed by atoms with E-state index >= 15 is 0 Å². The summed E-state index contributed by atoms with van der Waals surface area (Å²) in [5, 5.41) is 23.7. The maximum absolute atomic E-state index is 12.3. The van der Waals surface area contributed by atoms with Crippen LogP contribution in [0.2, 0.25) is 5.02 Å². The van der Waals surface area contributed by atoms with Gasteiger partial charge in [-0.3, -0.25) is 24.5 Å². The molecule has 11 heteroatoms. The molecule has 1 aliphatic carbocycles. The van der Waals surface area contributed by atoms with Crippen molar-refractivity contribution in [3.05, 3.63) is 65.7 Å². The first-order valence-corrected chi connectivity index (χ1v) is 12.9. The second-order valence-electron chi connectivity index (χ2n) is 10.1. The van der Waals surface area contributed by atoms with Gasteiger partial charge in [-0.2, -0.15) is 10.2 Å². The predicted molar refractivity (Wildman–Crippen MR) is 141 cm³/mol. The molecule has 10 nitrogen and oxygen atoms in total. The van der Waals surface area contributed by atoms with Gasteiger partial charge in [-0.05, 0) is 50.1 Å².